The molecule has 0 spiro atoms. The molecule has 4 nitrogen and oxygen atoms in total. The summed E-state index contributed by atoms with van der Waals surface area (Å²) in [6, 6.07) is 8.72. The first-order valence-corrected chi connectivity index (χ1v) is 9.57. The Bertz CT molecular complexity index is 689. The maximum absolute atomic E-state index is 13.0. The molecular weight excluding hydrogens is 326 g/mol. The molecule has 0 bridgehead atoms. The van der Waals surface area contributed by atoms with Crippen molar-refractivity contribution in [2.75, 3.05) is 26.2 Å². The quantitative estimate of drug-likeness (QED) is 0.599. The van der Waals surface area contributed by atoms with Crippen LogP contribution in [0.25, 0.3) is 0 Å². The normalized spacial score (nSPS) is 18.9. The molecule has 1 aliphatic rings. The number of ether oxygens (including phenoxy) is 1. The molecular formula is C22H31NO3. The lowest BCUT2D eigenvalue weighted by Gasteiger charge is -2.36. The van der Waals surface area contributed by atoms with Gasteiger partial charge in [0.25, 0.3) is 0 Å². The molecule has 0 radical (unpaired) electrons. The lowest BCUT2D eigenvalue weighted by molar-refractivity contribution is -0.174. The zero-order valence-electron chi connectivity index (χ0n) is 17.8. The third kappa shape index (κ3) is 5.09. The summed E-state index contributed by atoms with van der Waals surface area (Å²) in [6.45, 7) is 3.57. The fourth-order valence-corrected chi connectivity index (χ4v) is 3.52. The molecule has 1 saturated carbocycles. The first kappa shape index (κ1) is 17.6. The molecule has 1 aromatic rings. The molecule has 0 aliphatic heterocycles. The number of benzene rings is 1. The minimum atomic E-state index is -2.46. The molecule has 0 heterocycles. The van der Waals surface area contributed by atoms with Gasteiger partial charge in [-0.15, -0.1) is 0 Å². The molecule has 142 valence electrons. The van der Waals surface area contributed by atoms with Crippen molar-refractivity contribution < 1.29 is 17.4 Å². The van der Waals surface area contributed by atoms with Gasteiger partial charge >= 0.3 is 5.97 Å². The summed E-state index contributed by atoms with van der Waals surface area (Å²) < 4.78 is 21.1. The molecule has 1 N–H and O–H groups in total. The van der Waals surface area contributed by atoms with Gasteiger partial charge in [-0.1, -0.05) is 75.3 Å². The smallest absolute Gasteiger partial charge is 0.344 e. The summed E-state index contributed by atoms with van der Waals surface area (Å²) in [5.74, 6) is 3.89. The van der Waals surface area contributed by atoms with Gasteiger partial charge in [0.15, 0.2) is 12.2 Å². The Morgan fingerprint density at radius 3 is 2.50 bits per heavy atom. The van der Waals surface area contributed by atoms with Crippen LogP contribution in [0.3, 0.4) is 0 Å². The fourth-order valence-electron chi connectivity index (χ4n) is 3.52. The van der Waals surface area contributed by atoms with Gasteiger partial charge in [0.05, 0.1) is 9.29 Å². The highest BCUT2D eigenvalue weighted by Crippen LogP contribution is 2.40. The van der Waals surface area contributed by atoms with E-state index in [1.807, 2.05) is 24.8 Å². The van der Waals surface area contributed by atoms with Gasteiger partial charge in [-0.25, -0.2) is 4.79 Å². The van der Waals surface area contributed by atoms with E-state index in [1.54, 1.807) is 24.3 Å². The maximum Gasteiger partial charge on any atom is 0.344 e. The van der Waals surface area contributed by atoms with Crippen molar-refractivity contribution in [3.05, 3.63) is 35.9 Å². The van der Waals surface area contributed by atoms with Gasteiger partial charge in [-0.05, 0) is 31.5 Å². The first-order chi connectivity index (χ1) is 13.3. The van der Waals surface area contributed by atoms with Crippen molar-refractivity contribution in [1.29, 1.82) is 0 Å². The molecule has 1 fully saturated rings. The summed E-state index contributed by atoms with van der Waals surface area (Å²) in [7, 11) is 0. The maximum atomic E-state index is 13.0. The van der Waals surface area contributed by atoms with Crippen molar-refractivity contribution in [2.24, 2.45) is 5.92 Å². The summed E-state index contributed by atoms with van der Waals surface area (Å²) in [6.07, 6.45) is 4.36. The number of carbonyl (C=O) groups excluding carboxylic acids is 1. The van der Waals surface area contributed by atoms with Gasteiger partial charge in [0.2, 0.25) is 0 Å². The number of hydrogen-bond acceptors (Lipinski definition) is 4. The van der Waals surface area contributed by atoms with Crippen LogP contribution in [0.5, 0.6) is 0 Å². The number of hydrogen-bond donors (Lipinski definition) is 1. The van der Waals surface area contributed by atoms with Crippen molar-refractivity contribution in [3.63, 3.8) is 0 Å². The number of aliphatic hydroxyl groups is 1. The second-order valence-corrected chi connectivity index (χ2v) is 6.72. The molecule has 1 unspecified atom stereocenters. The van der Waals surface area contributed by atoms with E-state index in [1.165, 1.54) is 0 Å². The predicted octanol–water partition coefficient (Wildman–Crippen LogP) is 3.34. The lowest BCUT2D eigenvalue weighted by Crippen LogP contribution is -2.45. The molecule has 4 heteroatoms. The predicted molar refractivity (Wildman–Crippen MR) is 103 cm³/mol. The molecule has 1 aromatic carbocycles. The third-order valence-corrected chi connectivity index (χ3v) is 5.20. The van der Waals surface area contributed by atoms with Crippen LogP contribution < -0.4 is 0 Å². The Kier molecular flexibility index (Phi) is 7.00. The van der Waals surface area contributed by atoms with Crippen LogP contribution >= 0.6 is 0 Å². The van der Waals surface area contributed by atoms with Crippen molar-refractivity contribution in [2.45, 2.75) is 51.6 Å². The van der Waals surface area contributed by atoms with Crippen molar-refractivity contribution >= 4 is 5.97 Å². The lowest BCUT2D eigenvalue weighted by atomic mass is 9.73. The third-order valence-electron chi connectivity index (χ3n) is 5.20. The van der Waals surface area contributed by atoms with Crippen LogP contribution in [0, 0.1) is 17.8 Å². The Labute approximate surface area is 160 Å². The first-order valence-electron chi connectivity index (χ1n) is 10.6. The highest BCUT2D eigenvalue weighted by atomic mass is 16.5. The summed E-state index contributed by atoms with van der Waals surface area (Å²) in [5.41, 5.74) is -1.42. The number of nitrogens with zero attached hydrogens (tertiary/aromatic N) is 1. The van der Waals surface area contributed by atoms with E-state index in [0.717, 1.165) is 32.4 Å². The number of esters is 1. The SMILES string of the molecule is [2H]C([2H])(C#CCN(CC)CC)OC(=O)C(O)(c1ccccc1)C1CCCCC1. The van der Waals surface area contributed by atoms with E-state index in [2.05, 4.69) is 11.8 Å². The topological polar surface area (TPSA) is 49.8 Å². The van der Waals surface area contributed by atoms with Crippen LogP contribution in [0.1, 0.15) is 54.3 Å². The molecule has 1 aliphatic carbocycles. The van der Waals surface area contributed by atoms with Crippen LogP contribution in [0.15, 0.2) is 30.3 Å². The Hall–Kier alpha value is -1.83. The fraction of sp³-hybridized carbons (Fsp3) is 0.591. The monoisotopic (exact) mass is 359 g/mol. The summed E-state index contributed by atoms with van der Waals surface area (Å²) in [5, 5.41) is 11.4. The van der Waals surface area contributed by atoms with E-state index in [4.69, 9.17) is 7.48 Å². The van der Waals surface area contributed by atoms with Crippen molar-refractivity contribution in [3.8, 4) is 11.8 Å². The van der Waals surface area contributed by atoms with Crippen molar-refractivity contribution in [1.82, 2.24) is 4.90 Å². The van der Waals surface area contributed by atoms with E-state index < -0.39 is 18.1 Å². The van der Waals surface area contributed by atoms with Crippen LogP contribution in [-0.2, 0) is 15.1 Å². The highest BCUT2D eigenvalue weighted by molar-refractivity contribution is 5.81. The second kappa shape index (κ2) is 10.4. The van der Waals surface area contributed by atoms with E-state index >= 15 is 0 Å². The molecule has 2 rings (SSSR count). The Morgan fingerprint density at radius 2 is 1.88 bits per heavy atom. The summed E-state index contributed by atoms with van der Waals surface area (Å²) in [4.78, 5) is 15.0. The molecule has 26 heavy (non-hydrogen) atoms. The minimum absolute atomic E-state index is 0.296. The second-order valence-electron chi connectivity index (χ2n) is 6.72. The molecule has 1 atom stereocenters. The standard InChI is InChI=1S/C22H31NO3/c1-3-23(4-2)17-11-12-18-26-21(24)22(25,19-13-7-5-8-14-19)20-15-9-6-10-16-20/h5,7-8,13-14,20,25H,3-4,6,9-10,15-18H2,1-2H3/i18D2. The van der Waals surface area contributed by atoms with Crippen LogP contribution in [0.2, 0.25) is 0 Å². The minimum Gasteiger partial charge on any atom is -0.450 e. The van der Waals surface area contributed by atoms with E-state index in [-0.39, 0.29) is 5.92 Å². The van der Waals surface area contributed by atoms with E-state index in [9.17, 15) is 9.90 Å². The van der Waals surface area contributed by atoms with Gasteiger partial charge in [0, 0.05) is 5.92 Å². The molecule has 0 amide bonds. The molecule has 0 aromatic heterocycles. The van der Waals surface area contributed by atoms with Gasteiger partial charge in [-0.2, -0.15) is 0 Å². The van der Waals surface area contributed by atoms with Gasteiger partial charge in [0.1, 0.15) is 0 Å². The zero-order chi connectivity index (χ0) is 20.6. The Balaban J connectivity index is 2.21. The van der Waals surface area contributed by atoms with Crippen LogP contribution in [0.4, 0.5) is 0 Å². The van der Waals surface area contributed by atoms with E-state index in [0.29, 0.717) is 24.9 Å². The Morgan fingerprint density at radius 1 is 1.23 bits per heavy atom. The average molecular weight is 360 g/mol. The summed E-state index contributed by atoms with van der Waals surface area (Å²) >= 11 is 0. The number of rotatable bonds is 7. The highest BCUT2D eigenvalue weighted by Gasteiger charge is 2.46. The largest absolute Gasteiger partial charge is 0.450 e. The zero-order valence-corrected chi connectivity index (χ0v) is 15.8. The van der Waals surface area contributed by atoms with Gasteiger partial charge in [-0.3, -0.25) is 4.90 Å². The number of carbonyl (C=O) groups is 1. The molecule has 0 saturated heterocycles. The average Bonchev–Trinajstić information content (AvgIpc) is 2.71. The van der Waals surface area contributed by atoms with Crippen LogP contribution in [-0.4, -0.2) is 42.2 Å². The van der Waals surface area contributed by atoms with Gasteiger partial charge < -0.3 is 9.84 Å².